The van der Waals surface area contributed by atoms with E-state index in [1.165, 1.54) is 22.8 Å². The third kappa shape index (κ3) is 2.53. The fourth-order valence-electron chi connectivity index (χ4n) is 2.93. The van der Waals surface area contributed by atoms with E-state index in [1.807, 2.05) is 44.2 Å². The summed E-state index contributed by atoms with van der Waals surface area (Å²) in [7, 11) is 0. The number of nitrogens with zero attached hydrogens (tertiary/aromatic N) is 2. The van der Waals surface area contributed by atoms with Crippen LogP contribution in [0.4, 0.5) is 0 Å². The summed E-state index contributed by atoms with van der Waals surface area (Å²) >= 11 is 1.47. The molecule has 124 valence electrons. The van der Waals surface area contributed by atoms with E-state index in [-0.39, 0.29) is 5.56 Å². The minimum Gasteiger partial charge on any atom is -0.480 e. The lowest BCUT2D eigenvalue weighted by atomic mass is 10.0. The van der Waals surface area contributed by atoms with Crippen molar-refractivity contribution in [2.24, 2.45) is 0 Å². The Hall–Kier alpha value is -2.47. The van der Waals surface area contributed by atoms with Gasteiger partial charge < -0.3 is 5.11 Å². The molecule has 24 heavy (non-hydrogen) atoms. The van der Waals surface area contributed by atoms with E-state index in [2.05, 4.69) is 4.98 Å². The fourth-order valence-corrected chi connectivity index (χ4v) is 3.98. The summed E-state index contributed by atoms with van der Waals surface area (Å²) in [5.74, 6) is -0.538. The Bertz CT molecular complexity index is 973. The number of aryl methyl sites for hydroxylation is 2. The Morgan fingerprint density at radius 2 is 2.00 bits per heavy atom. The van der Waals surface area contributed by atoms with Crippen molar-refractivity contribution >= 4 is 27.5 Å². The molecule has 1 atom stereocenters. The molecule has 0 aliphatic heterocycles. The van der Waals surface area contributed by atoms with Crippen LogP contribution in [0.25, 0.3) is 21.3 Å². The number of benzene rings is 1. The Morgan fingerprint density at radius 3 is 2.58 bits per heavy atom. The lowest BCUT2D eigenvalue weighted by Crippen LogP contribution is -2.31. The summed E-state index contributed by atoms with van der Waals surface area (Å²) in [6.07, 6.45) is 0.500. The Morgan fingerprint density at radius 1 is 1.33 bits per heavy atom. The first-order valence-electron chi connectivity index (χ1n) is 7.78. The van der Waals surface area contributed by atoms with Crippen molar-refractivity contribution in [2.75, 3.05) is 0 Å². The molecule has 1 N–H and O–H groups in total. The van der Waals surface area contributed by atoms with Gasteiger partial charge in [-0.2, -0.15) is 0 Å². The molecule has 1 unspecified atom stereocenters. The van der Waals surface area contributed by atoms with Crippen LogP contribution in [0.3, 0.4) is 0 Å². The highest BCUT2D eigenvalue weighted by molar-refractivity contribution is 7.19. The van der Waals surface area contributed by atoms with E-state index in [4.69, 9.17) is 0 Å². The molecule has 0 radical (unpaired) electrons. The van der Waals surface area contributed by atoms with Crippen LogP contribution in [0, 0.1) is 6.92 Å². The molecule has 6 heteroatoms. The lowest BCUT2D eigenvalue weighted by Gasteiger charge is -2.15. The zero-order chi connectivity index (χ0) is 17.4. The standard InChI is InChI=1S/C18H18N2O3S/c1-4-13-19-16-15(17(21)20(13)10(2)18(22)23)14(11(3)24-16)12-8-6-5-7-9-12/h5-10H,4H2,1-3H3,(H,22,23). The second kappa shape index (κ2) is 6.20. The van der Waals surface area contributed by atoms with Crippen LogP contribution in [0.15, 0.2) is 35.1 Å². The molecule has 5 nitrogen and oxygen atoms in total. The Balaban J connectivity index is 2.41. The number of carbonyl (C=O) groups is 1. The first kappa shape index (κ1) is 16.4. The van der Waals surface area contributed by atoms with Gasteiger partial charge in [-0.05, 0) is 19.4 Å². The minimum atomic E-state index is -1.04. The van der Waals surface area contributed by atoms with Gasteiger partial charge in [0, 0.05) is 16.9 Å². The van der Waals surface area contributed by atoms with Crippen LogP contribution < -0.4 is 5.56 Å². The number of hydrogen-bond acceptors (Lipinski definition) is 4. The number of fused-ring (bicyclic) bond motifs is 1. The lowest BCUT2D eigenvalue weighted by molar-refractivity contribution is -0.140. The number of aromatic nitrogens is 2. The maximum atomic E-state index is 13.1. The smallest absolute Gasteiger partial charge is 0.326 e. The molecule has 0 spiro atoms. The maximum absolute atomic E-state index is 13.1. The molecule has 0 fully saturated rings. The minimum absolute atomic E-state index is 0.282. The maximum Gasteiger partial charge on any atom is 0.326 e. The summed E-state index contributed by atoms with van der Waals surface area (Å²) < 4.78 is 1.31. The van der Waals surface area contributed by atoms with Gasteiger partial charge in [0.25, 0.3) is 5.56 Å². The molecular weight excluding hydrogens is 324 g/mol. The van der Waals surface area contributed by atoms with Crippen molar-refractivity contribution in [1.82, 2.24) is 9.55 Å². The van der Waals surface area contributed by atoms with Crippen LogP contribution in [-0.4, -0.2) is 20.6 Å². The van der Waals surface area contributed by atoms with Gasteiger partial charge in [-0.1, -0.05) is 37.3 Å². The van der Waals surface area contributed by atoms with Crippen molar-refractivity contribution in [3.63, 3.8) is 0 Å². The van der Waals surface area contributed by atoms with E-state index in [1.54, 1.807) is 0 Å². The normalized spacial score (nSPS) is 12.5. The molecule has 0 saturated carbocycles. The quantitative estimate of drug-likeness (QED) is 0.786. The van der Waals surface area contributed by atoms with Crippen molar-refractivity contribution < 1.29 is 9.90 Å². The highest BCUT2D eigenvalue weighted by Crippen LogP contribution is 2.35. The second-order valence-corrected chi connectivity index (χ2v) is 6.85. The van der Waals surface area contributed by atoms with E-state index < -0.39 is 12.0 Å². The second-order valence-electron chi connectivity index (χ2n) is 5.65. The molecular formula is C18H18N2O3S. The number of carboxylic acids is 1. The zero-order valence-corrected chi connectivity index (χ0v) is 14.6. The first-order chi connectivity index (χ1) is 11.5. The number of hydrogen-bond donors (Lipinski definition) is 1. The molecule has 2 aromatic heterocycles. The molecule has 2 heterocycles. The van der Waals surface area contributed by atoms with E-state index >= 15 is 0 Å². The number of rotatable bonds is 4. The summed E-state index contributed by atoms with van der Waals surface area (Å²) in [6.45, 7) is 5.35. The number of aliphatic carboxylic acids is 1. The number of thiophene rings is 1. The van der Waals surface area contributed by atoms with Crippen molar-refractivity contribution in [3.05, 3.63) is 51.4 Å². The Labute approximate surface area is 143 Å². The van der Waals surface area contributed by atoms with Crippen LogP contribution >= 0.6 is 11.3 Å². The van der Waals surface area contributed by atoms with Crippen molar-refractivity contribution in [2.45, 2.75) is 33.2 Å². The molecule has 1 aromatic carbocycles. The van der Waals surface area contributed by atoms with Crippen molar-refractivity contribution in [1.29, 1.82) is 0 Å². The number of carboxylic acid groups (broad SMARTS) is 1. The monoisotopic (exact) mass is 342 g/mol. The highest BCUT2D eigenvalue weighted by atomic mass is 32.1. The average molecular weight is 342 g/mol. The topological polar surface area (TPSA) is 72.2 Å². The van der Waals surface area contributed by atoms with Gasteiger partial charge in [0.2, 0.25) is 0 Å². The summed E-state index contributed by atoms with van der Waals surface area (Å²) in [5, 5.41) is 9.87. The summed E-state index contributed by atoms with van der Waals surface area (Å²) in [6, 6.07) is 8.72. The zero-order valence-electron chi connectivity index (χ0n) is 13.7. The van der Waals surface area contributed by atoms with E-state index in [9.17, 15) is 14.7 Å². The SMILES string of the molecule is CCc1nc2sc(C)c(-c3ccccc3)c2c(=O)n1C(C)C(=O)O. The third-order valence-corrected chi connectivity index (χ3v) is 5.13. The highest BCUT2D eigenvalue weighted by Gasteiger charge is 2.24. The molecule has 0 aliphatic rings. The predicted molar refractivity (Wildman–Crippen MR) is 95.8 cm³/mol. The van der Waals surface area contributed by atoms with Gasteiger partial charge in [-0.3, -0.25) is 9.36 Å². The molecule has 0 aliphatic carbocycles. The molecule has 0 saturated heterocycles. The molecule has 0 bridgehead atoms. The summed E-state index contributed by atoms with van der Waals surface area (Å²) in [4.78, 5) is 30.8. The first-order valence-corrected chi connectivity index (χ1v) is 8.60. The molecule has 0 amide bonds. The van der Waals surface area contributed by atoms with Crippen LogP contribution in [0.5, 0.6) is 0 Å². The Kier molecular flexibility index (Phi) is 4.24. The van der Waals surface area contributed by atoms with Crippen LogP contribution in [-0.2, 0) is 11.2 Å². The average Bonchev–Trinajstić information content (AvgIpc) is 2.91. The molecule has 3 aromatic rings. The van der Waals surface area contributed by atoms with Crippen molar-refractivity contribution in [3.8, 4) is 11.1 Å². The van der Waals surface area contributed by atoms with Gasteiger partial charge >= 0.3 is 5.97 Å². The van der Waals surface area contributed by atoms with Gasteiger partial charge in [0.1, 0.15) is 16.7 Å². The van der Waals surface area contributed by atoms with Gasteiger partial charge in [0.15, 0.2) is 0 Å². The van der Waals surface area contributed by atoms with Gasteiger partial charge in [-0.15, -0.1) is 11.3 Å². The van der Waals surface area contributed by atoms with Crippen LogP contribution in [0.2, 0.25) is 0 Å². The fraction of sp³-hybridized carbons (Fsp3) is 0.278. The summed E-state index contributed by atoms with van der Waals surface area (Å²) in [5.41, 5.74) is 1.51. The largest absolute Gasteiger partial charge is 0.480 e. The molecule has 3 rings (SSSR count). The van der Waals surface area contributed by atoms with Crippen LogP contribution in [0.1, 0.15) is 30.6 Å². The van der Waals surface area contributed by atoms with Gasteiger partial charge in [-0.25, -0.2) is 9.78 Å². The van der Waals surface area contributed by atoms with E-state index in [0.717, 1.165) is 16.0 Å². The third-order valence-electron chi connectivity index (χ3n) is 4.13. The predicted octanol–water partition coefficient (Wildman–Crippen LogP) is 3.64. The van der Waals surface area contributed by atoms with E-state index in [0.29, 0.717) is 22.5 Å². The van der Waals surface area contributed by atoms with Gasteiger partial charge in [0.05, 0.1) is 5.39 Å².